The molecule has 86 valence electrons. The van der Waals surface area contributed by atoms with Gasteiger partial charge in [0.2, 0.25) is 11.9 Å². The van der Waals surface area contributed by atoms with E-state index >= 15 is 0 Å². The van der Waals surface area contributed by atoms with Crippen molar-refractivity contribution in [2.24, 2.45) is 0 Å². The summed E-state index contributed by atoms with van der Waals surface area (Å²) in [6.07, 6.45) is 0.353. The van der Waals surface area contributed by atoms with Crippen LogP contribution in [0.5, 0.6) is 0 Å². The first-order valence-electron chi connectivity index (χ1n) is 4.46. The molecule has 0 saturated carbocycles. The third-order valence-corrected chi connectivity index (χ3v) is 3.11. The maximum absolute atomic E-state index is 11.6. The third kappa shape index (κ3) is 2.05. The van der Waals surface area contributed by atoms with Crippen LogP contribution in [-0.2, 0) is 4.79 Å². The first-order chi connectivity index (χ1) is 7.49. The zero-order valence-corrected chi connectivity index (χ0v) is 10.4. The Hall–Kier alpha value is -0.720. The normalized spacial score (nSPS) is 20.6. The topological polar surface area (TPSA) is 72.1 Å². The fraction of sp³-hybridized carbons (Fsp3) is 0.375. The van der Waals surface area contributed by atoms with Crippen molar-refractivity contribution in [1.82, 2.24) is 9.97 Å². The predicted molar refractivity (Wildman–Crippen MR) is 66.2 cm³/mol. The minimum atomic E-state index is -0.100. The lowest BCUT2D eigenvalue weighted by Crippen LogP contribution is -2.27. The van der Waals surface area contributed by atoms with Gasteiger partial charge in [-0.15, -0.1) is 0 Å². The molecule has 1 unspecified atom stereocenters. The van der Waals surface area contributed by atoms with Gasteiger partial charge in [0.05, 0.1) is 0 Å². The van der Waals surface area contributed by atoms with Crippen molar-refractivity contribution in [3.8, 4) is 0 Å². The van der Waals surface area contributed by atoms with Gasteiger partial charge in [0, 0.05) is 18.2 Å². The molecule has 0 spiro atoms. The van der Waals surface area contributed by atoms with E-state index in [4.69, 9.17) is 28.9 Å². The molecule has 1 saturated heterocycles. The Labute approximate surface area is 107 Å². The molecule has 1 aromatic heterocycles. The number of halogens is 2. The second kappa shape index (κ2) is 4.27. The summed E-state index contributed by atoms with van der Waals surface area (Å²) in [5.41, 5.74) is 5.62. The lowest BCUT2D eigenvalue weighted by atomic mass is 10.4. The molecule has 8 heteroatoms. The van der Waals surface area contributed by atoms with Gasteiger partial charge in [-0.3, -0.25) is 9.69 Å². The minimum Gasteiger partial charge on any atom is -0.394 e. The molecule has 1 fully saturated rings. The van der Waals surface area contributed by atoms with Crippen molar-refractivity contribution in [2.75, 3.05) is 17.2 Å². The average Bonchev–Trinajstić information content (AvgIpc) is 2.53. The monoisotopic (exact) mass is 278 g/mol. The Morgan fingerprint density at radius 1 is 1.38 bits per heavy atom. The van der Waals surface area contributed by atoms with Gasteiger partial charge in [-0.05, 0) is 0 Å². The third-order valence-electron chi connectivity index (χ3n) is 2.19. The average molecular weight is 279 g/mol. The van der Waals surface area contributed by atoms with Crippen LogP contribution in [0, 0.1) is 0 Å². The summed E-state index contributed by atoms with van der Waals surface area (Å²) in [6, 6.07) is 0. The molecule has 1 amide bonds. The molecule has 1 aliphatic rings. The Morgan fingerprint density at radius 2 is 1.94 bits per heavy atom. The number of hydrogen-bond acceptors (Lipinski definition) is 5. The molecule has 0 aliphatic carbocycles. The van der Waals surface area contributed by atoms with Gasteiger partial charge in [-0.1, -0.05) is 23.2 Å². The van der Waals surface area contributed by atoms with Crippen molar-refractivity contribution in [1.29, 1.82) is 0 Å². The smallest absolute Gasteiger partial charge is 0.235 e. The molecule has 16 heavy (non-hydrogen) atoms. The maximum atomic E-state index is 11.6. The van der Waals surface area contributed by atoms with E-state index < -0.39 is 0 Å². The lowest BCUT2D eigenvalue weighted by Gasteiger charge is -2.14. The van der Waals surface area contributed by atoms with E-state index in [-0.39, 0.29) is 33.1 Å². The van der Waals surface area contributed by atoms with E-state index in [1.54, 1.807) is 0 Å². The van der Waals surface area contributed by atoms with Crippen LogP contribution in [0.15, 0.2) is 0 Å². The fourth-order valence-corrected chi connectivity index (χ4v) is 2.11. The largest absolute Gasteiger partial charge is 0.394 e. The molecule has 0 radical (unpaired) electrons. The second-order valence-corrected chi connectivity index (χ2v) is 4.83. The molecule has 0 aromatic carbocycles. The van der Waals surface area contributed by atoms with E-state index in [0.29, 0.717) is 13.0 Å². The first-order valence-corrected chi connectivity index (χ1v) is 5.73. The highest BCUT2D eigenvalue weighted by molar-refractivity contribution is 7.81. The number of hydrogen-bond donors (Lipinski definition) is 2. The Morgan fingerprint density at radius 3 is 2.38 bits per heavy atom. The van der Waals surface area contributed by atoms with Gasteiger partial charge in [0.1, 0.15) is 5.69 Å². The van der Waals surface area contributed by atoms with E-state index in [9.17, 15) is 4.79 Å². The fourth-order valence-electron chi connectivity index (χ4n) is 1.41. The predicted octanol–water partition coefficient (Wildman–Crippen LogP) is 1.40. The molecule has 2 heterocycles. The van der Waals surface area contributed by atoms with Gasteiger partial charge in [-0.25, -0.2) is 0 Å². The number of carbonyl (C=O) groups excluding carboxylic acids is 1. The molecule has 2 N–H and O–H groups in total. The van der Waals surface area contributed by atoms with Crippen molar-refractivity contribution in [2.45, 2.75) is 11.7 Å². The standard InChI is InChI=1S/C8H8Cl2N4OS/c9-6-5(11)7(10)13-8(12-6)14-2-3(16)1-4(14)15/h3,16H,1-2,11H2. The highest BCUT2D eigenvalue weighted by Crippen LogP contribution is 2.28. The van der Waals surface area contributed by atoms with E-state index in [2.05, 4.69) is 22.6 Å². The summed E-state index contributed by atoms with van der Waals surface area (Å²) in [6.45, 7) is 0.443. The molecule has 2 rings (SSSR count). The maximum Gasteiger partial charge on any atom is 0.235 e. The molecule has 1 aromatic rings. The van der Waals surface area contributed by atoms with Gasteiger partial charge in [-0.2, -0.15) is 22.6 Å². The van der Waals surface area contributed by atoms with E-state index in [1.807, 2.05) is 0 Å². The molecule has 5 nitrogen and oxygen atoms in total. The van der Waals surface area contributed by atoms with Crippen molar-refractivity contribution in [3.63, 3.8) is 0 Å². The quantitative estimate of drug-likeness (QED) is 0.602. The van der Waals surface area contributed by atoms with Crippen LogP contribution in [0.2, 0.25) is 10.3 Å². The molecular formula is C8H8Cl2N4OS. The summed E-state index contributed by atoms with van der Waals surface area (Å²) in [7, 11) is 0. The van der Waals surface area contributed by atoms with Gasteiger partial charge in [0.15, 0.2) is 10.3 Å². The van der Waals surface area contributed by atoms with E-state index in [0.717, 1.165) is 0 Å². The van der Waals surface area contributed by atoms with Crippen LogP contribution >= 0.6 is 35.8 Å². The van der Waals surface area contributed by atoms with Crippen molar-refractivity contribution >= 4 is 53.4 Å². The molecule has 1 atom stereocenters. The lowest BCUT2D eigenvalue weighted by molar-refractivity contribution is -0.117. The number of nitrogens with zero attached hydrogens (tertiary/aromatic N) is 3. The second-order valence-electron chi connectivity index (χ2n) is 3.38. The highest BCUT2D eigenvalue weighted by Gasteiger charge is 2.30. The van der Waals surface area contributed by atoms with Gasteiger partial charge >= 0.3 is 0 Å². The number of nitrogen functional groups attached to an aromatic ring is 1. The van der Waals surface area contributed by atoms with Gasteiger partial charge < -0.3 is 5.73 Å². The summed E-state index contributed by atoms with van der Waals surface area (Å²) in [4.78, 5) is 20.8. The summed E-state index contributed by atoms with van der Waals surface area (Å²) in [5, 5.41) is 0.0713. The number of carbonyl (C=O) groups is 1. The highest BCUT2D eigenvalue weighted by atomic mass is 35.5. The number of anilines is 2. The van der Waals surface area contributed by atoms with Crippen LogP contribution in [0.4, 0.5) is 11.6 Å². The Bertz CT molecular complexity index is 433. The zero-order valence-electron chi connectivity index (χ0n) is 8.02. The SMILES string of the molecule is Nc1c(Cl)nc(N2CC(S)CC2=O)nc1Cl. The number of aromatic nitrogens is 2. The number of amides is 1. The van der Waals surface area contributed by atoms with Crippen LogP contribution in [-0.4, -0.2) is 27.7 Å². The van der Waals surface area contributed by atoms with Crippen molar-refractivity contribution < 1.29 is 4.79 Å². The number of rotatable bonds is 1. The minimum absolute atomic E-state index is 0.0220. The summed E-state index contributed by atoms with van der Waals surface area (Å²) < 4.78 is 0. The first kappa shape index (κ1) is 11.8. The van der Waals surface area contributed by atoms with Crippen LogP contribution in [0.1, 0.15) is 6.42 Å². The Kier molecular flexibility index (Phi) is 3.14. The van der Waals surface area contributed by atoms with Crippen LogP contribution < -0.4 is 10.6 Å². The zero-order chi connectivity index (χ0) is 11.9. The van der Waals surface area contributed by atoms with Crippen LogP contribution in [0.25, 0.3) is 0 Å². The summed E-state index contributed by atoms with van der Waals surface area (Å²) >= 11 is 15.8. The van der Waals surface area contributed by atoms with Crippen LogP contribution in [0.3, 0.4) is 0 Å². The molecule has 0 bridgehead atoms. The van der Waals surface area contributed by atoms with Crippen molar-refractivity contribution in [3.05, 3.63) is 10.3 Å². The molecule has 1 aliphatic heterocycles. The van der Waals surface area contributed by atoms with Gasteiger partial charge in [0.25, 0.3) is 0 Å². The molecular weight excluding hydrogens is 271 g/mol. The summed E-state index contributed by atoms with van der Waals surface area (Å²) in [5.74, 6) is 0.0719. The number of nitrogens with two attached hydrogens (primary N) is 1. The Balaban J connectivity index is 2.38. The number of thiol groups is 1. The van der Waals surface area contributed by atoms with E-state index in [1.165, 1.54) is 4.90 Å².